The number of ether oxygens (including phenoxy) is 1. The van der Waals surface area contributed by atoms with Crippen molar-refractivity contribution in [2.75, 3.05) is 33.4 Å². The lowest BCUT2D eigenvalue weighted by molar-refractivity contribution is -0.0103. The Kier molecular flexibility index (Phi) is 6.22. The van der Waals surface area contributed by atoms with Gasteiger partial charge in [-0.25, -0.2) is 0 Å². The molecule has 0 aliphatic carbocycles. The number of benzene rings is 1. The summed E-state index contributed by atoms with van der Waals surface area (Å²) in [6.07, 6.45) is 2.32. The van der Waals surface area contributed by atoms with E-state index in [1.165, 1.54) is 5.56 Å². The topological polar surface area (TPSA) is 24.5 Å². The summed E-state index contributed by atoms with van der Waals surface area (Å²) in [5.41, 5.74) is 1.75. The molecular weight excluding hydrogens is 260 g/mol. The molecule has 1 aliphatic heterocycles. The quantitative estimate of drug-likeness (QED) is 0.835. The van der Waals surface area contributed by atoms with Crippen molar-refractivity contribution in [3.8, 4) is 0 Å². The Labute approximate surface area is 129 Å². The zero-order chi connectivity index (χ0) is 15.1. The van der Waals surface area contributed by atoms with Crippen LogP contribution in [0, 0.1) is 5.41 Å². The summed E-state index contributed by atoms with van der Waals surface area (Å²) in [5, 5.41) is 3.40. The molecule has 1 N–H and O–H groups in total. The molecule has 3 nitrogen and oxygen atoms in total. The summed E-state index contributed by atoms with van der Waals surface area (Å²) in [6, 6.07) is 11.4. The summed E-state index contributed by atoms with van der Waals surface area (Å²) in [7, 11) is 2.06. The maximum absolute atomic E-state index is 5.59. The van der Waals surface area contributed by atoms with E-state index < -0.39 is 0 Å². The Morgan fingerprint density at radius 1 is 1.19 bits per heavy atom. The highest BCUT2D eigenvalue weighted by Crippen LogP contribution is 2.32. The van der Waals surface area contributed by atoms with Crippen LogP contribution in [0.15, 0.2) is 30.3 Å². The predicted molar refractivity (Wildman–Crippen MR) is 88.4 cm³/mol. The SMILES string of the molecule is CNCC1(CN(Cc2ccccc2)C(C)C)CCOCC1. The second kappa shape index (κ2) is 7.92. The fraction of sp³-hybridized carbons (Fsp3) is 0.667. The Morgan fingerprint density at radius 3 is 2.43 bits per heavy atom. The van der Waals surface area contributed by atoms with Gasteiger partial charge < -0.3 is 10.1 Å². The van der Waals surface area contributed by atoms with E-state index in [4.69, 9.17) is 4.74 Å². The Morgan fingerprint density at radius 2 is 1.86 bits per heavy atom. The van der Waals surface area contributed by atoms with Gasteiger partial charge in [-0.1, -0.05) is 30.3 Å². The van der Waals surface area contributed by atoms with Gasteiger partial charge in [-0.15, -0.1) is 0 Å². The minimum atomic E-state index is 0.353. The van der Waals surface area contributed by atoms with Crippen LogP contribution in [0.3, 0.4) is 0 Å². The van der Waals surface area contributed by atoms with Crippen LogP contribution in [-0.2, 0) is 11.3 Å². The van der Waals surface area contributed by atoms with Gasteiger partial charge in [0.1, 0.15) is 0 Å². The van der Waals surface area contributed by atoms with Gasteiger partial charge in [0.2, 0.25) is 0 Å². The maximum Gasteiger partial charge on any atom is 0.0472 e. The van der Waals surface area contributed by atoms with E-state index in [9.17, 15) is 0 Å². The van der Waals surface area contributed by atoms with Gasteiger partial charge in [0.05, 0.1) is 0 Å². The summed E-state index contributed by atoms with van der Waals surface area (Å²) in [5.74, 6) is 0. The number of rotatable bonds is 7. The fourth-order valence-corrected chi connectivity index (χ4v) is 3.24. The van der Waals surface area contributed by atoms with E-state index in [0.717, 1.165) is 45.7 Å². The van der Waals surface area contributed by atoms with Crippen LogP contribution in [0.2, 0.25) is 0 Å². The Hall–Kier alpha value is -0.900. The van der Waals surface area contributed by atoms with Crippen molar-refractivity contribution >= 4 is 0 Å². The highest BCUT2D eigenvalue weighted by atomic mass is 16.5. The smallest absolute Gasteiger partial charge is 0.0472 e. The van der Waals surface area contributed by atoms with Gasteiger partial charge in [0, 0.05) is 38.9 Å². The second-order valence-corrected chi connectivity index (χ2v) is 6.63. The van der Waals surface area contributed by atoms with Crippen molar-refractivity contribution in [3.63, 3.8) is 0 Å². The lowest BCUT2D eigenvalue weighted by atomic mass is 9.79. The Bertz CT molecular complexity index is 393. The monoisotopic (exact) mass is 290 g/mol. The molecule has 0 bridgehead atoms. The third-order valence-electron chi connectivity index (χ3n) is 4.60. The molecule has 1 aliphatic rings. The second-order valence-electron chi connectivity index (χ2n) is 6.63. The molecule has 21 heavy (non-hydrogen) atoms. The van der Waals surface area contributed by atoms with Gasteiger partial charge in [0.25, 0.3) is 0 Å². The van der Waals surface area contributed by atoms with Gasteiger partial charge in [-0.2, -0.15) is 0 Å². The molecule has 0 aromatic heterocycles. The normalized spacial score (nSPS) is 18.3. The average Bonchev–Trinajstić information content (AvgIpc) is 2.49. The lowest BCUT2D eigenvalue weighted by Gasteiger charge is -2.42. The maximum atomic E-state index is 5.59. The van der Waals surface area contributed by atoms with Gasteiger partial charge in [-0.3, -0.25) is 4.90 Å². The molecule has 1 aromatic carbocycles. The third-order valence-corrected chi connectivity index (χ3v) is 4.60. The van der Waals surface area contributed by atoms with Crippen molar-refractivity contribution in [3.05, 3.63) is 35.9 Å². The van der Waals surface area contributed by atoms with E-state index in [-0.39, 0.29) is 0 Å². The van der Waals surface area contributed by atoms with Crippen LogP contribution in [0.5, 0.6) is 0 Å². The summed E-state index contributed by atoms with van der Waals surface area (Å²) in [4.78, 5) is 2.61. The van der Waals surface area contributed by atoms with E-state index in [1.54, 1.807) is 0 Å². The minimum absolute atomic E-state index is 0.353. The molecule has 2 rings (SSSR count). The number of hydrogen-bond acceptors (Lipinski definition) is 3. The molecule has 0 saturated carbocycles. The molecular formula is C18H30N2O. The van der Waals surface area contributed by atoms with E-state index in [2.05, 4.69) is 61.4 Å². The molecule has 0 amide bonds. The first kappa shape index (κ1) is 16.5. The molecule has 0 spiro atoms. The predicted octanol–water partition coefficient (Wildman–Crippen LogP) is 2.91. The summed E-state index contributed by atoms with van der Waals surface area (Å²) >= 11 is 0. The van der Waals surface area contributed by atoms with Crippen LogP contribution in [0.1, 0.15) is 32.3 Å². The molecule has 0 atom stereocenters. The first-order valence-corrected chi connectivity index (χ1v) is 8.15. The Balaban J connectivity index is 2.06. The van der Waals surface area contributed by atoms with Crippen LogP contribution in [-0.4, -0.2) is 44.3 Å². The fourth-order valence-electron chi connectivity index (χ4n) is 3.24. The minimum Gasteiger partial charge on any atom is -0.381 e. The molecule has 0 radical (unpaired) electrons. The molecule has 118 valence electrons. The highest BCUT2D eigenvalue weighted by molar-refractivity contribution is 5.14. The van der Waals surface area contributed by atoms with Crippen molar-refractivity contribution in [1.29, 1.82) is 0 Å². The van der Waals surface area contributed by atoms with Crippen molar-refractivity contribution < 1.29 is 4.74 Å². The number of hydrogen-bond donors (Lipinski definition) is 1. The van der Waals surface area contributed by atoms with E-state index in [0.29, 0.717) is 11.5 Å². The van der Waals surface area contributed by atoms with Crippen LogP contribution in [0.25, 0.3) is 0 Å². The third kappa shape index (κ3) is 4.80. The largest absolute Gasteiger partial charge is 0.381 e. The highest BCUT2D eigenvalue weighted by Gasteiger charge is 2.34. The van der Waals surface area contributed by atoms with E-state index in [1.807, 2.05) is 0 Å². The molecule has 3 heteroatoms. The summed E-state index contributed by atoms with van der Waals surface area (Å²) in [6.45, 7) is 9.66. The van der Waals surface area contributed by atoms with Crippen molar-refractivity contribution in [1.82, 2.24) is 10.2 Å². The number of nitrogens with zero attached hydrogens (tertiary/aromatic N) is 1. The van der Waals surface area contributed by atoms with Crippen molar-refractivity contribution in [2.45, 2.75) is 39.3 Å². The van der Waals surface area contributed by atoms with Gasteiger partial charge in [0.15, 0.2) is 0 Å². The van der Waals surface area contributed by atoms with Crippen LogP contribution >= 0.6 is 0 Å². The van der Waals surface area contributed by atoms with Crippen LogP contribution < -0.4 is 5.32 Å². The number of nitrogens with one attached hydrogen (secondary N) is 1. The lowest BCUT2D eigenvalue weighted by Crippen LogP contribution is -2.48. The molecule has 1 fully saturated rings. The molecule has 0 unspecified atom stereocenters. The zero-order valence-electron chi connectivity index (χ0n) is 13.8. The van der Waals surface area contributed by atoms with Gasteiger partial charge in [-0.05, 0) is 44.7 Å². The molecule has 1 saturated heterocycles. The molecule has 1 heterocycles. The first-order valence-electron chi connectivity index (χ1n) is 8.15. The van der Waals surface area contributed by atoms with Crippen LogP contribution in [0.4, 0.5) is 0 Å². The van der Waals surface area contributed by atoms with E-state index >= 15 is 0 Å². The van der Waals surface area contributed by atoms with Gasteiger partial charge >= 0.3 is 0 Å². The summed E-state index contributed by atoms with van der Waals surface area (Å²) < 4.78 is 5.59. The van der Waals surface area contributed by atoms with Crippen molar-refractivity contribution in [2.24, 2.45) is 5.41 Å². The first-order chi connectivity index (χ1) is 10.2. The standard InChI is InChI=1S/C18H30N2O/c1-16(2)20(13-17-7-5-4-6-8-17)15-18(14-19-3)9-11-21-12-10-18/h4-8,16,19H,9-15H2,1-3H3. The average molecular weight is 290 g/mol. The molecule has 1 aromatic rings. The zero-order valence-corrected chi connectivity index (χ0v) is 13.8.